The van der Waals surface area contributed by atoms with Gasteiger partial charge in [0.15, 0.2) is 11.9 Å². The van der Waals surface area contributed by atoms with E-state index < -0.39 is 12.2 Å². The molecule has 0 aliphatic rings. The number of aromatic nitrogens is 1. The molecule has 8 heteroatoms. The molecule has 0 aliphatic heterocycles. The van der Waals surface area contributed by atoms with E-state index in [1.807, 2.05) is 74.6 Å². The number of amides is 2. The van der Waals surface area contributed by atoms with Gasteiger partial charge in [0.05, 0.1) is 11.2 Å². The highest BCUT2D eigenvalue weighted by atomic mass is 35.5. The fraction of sp³-hybridized carbons (Fsp3) is 0.241. The van der Waals surface area contributed by atoms with Crippen LogP contribution in [0.1, 0.15) is 26.3 Å². The Morgan fingerprint density at radius 2 is 1.68 bits per heavy atom. The summed E-state index contributed by atoms with van der Waals surface area (Å²) in [7, 11) is 0. The molecule has 1 heterocycles. The number of hydrogen-bond donors (Lipinski definition) is 1. The second-order valence-electron chi connectivity index (χ2n) is 8.54. The predicted octanol–water partition coefficient (Wildman–Crippen LogP) is 6.59. The molecule has 4 rings (SSSR count). The molecule has 0 bridgehead atoms. The van der Waals surface area contributed by atoms with E-state index in [4.69, 9.17) is 21.1 Å². The van der Waals surface area contributed by atoms with Gasteiger partial charge in [-0.2, -0.15) is 0 Å². The lowest BCUT2D eigenvalue weighted by Gasteiger charge is -2.21. The number of carbonyl (C=O) groups is 2. The highest BCUT2D eigenvalue weighted by molar-refractivity contribution is 6.30. The summed E-state index contributed by atoms with van der Waals surface area (Å²) >= 11 is 6.03. The van der Waals surface area contributed by atoms with Crippen molar-refractivity contribution in [3.8, 4) is 11.5 Å². The molecule has 1 N–H and O–H groups in total. The van der Waals surface area contributed by atoms with E-state index in [0.717, 1.165) is 16.5 Å². The minimum Gasteiger partial charge on any atom is -0.481 e. The minimum atomic E-state index is -0.778. The first kappa shape index (κ1) is 26.1. The van der Waals surface area contributed by atoms with Crippen LogP contribution in [0.2, 0.25) is 5.02 Å². The van der Waals surface area contributed by atoms with Gasteiger partial charge in [0.2, 0.25) is 0 Å². The number of carbonyl (C=O) groups excluding carboxylic acids is 2. The second kappa shape index (κ2) is 11.8. The normalized spacial score (nSPS) is 11.7. The maximum Gasteiger partial charge on any atom is 0.415 e. The molecule has 3 aromatic carbocycles. The van der Waals surface area contributed by atoms with Gasteiger partial charge in [0.25, 0.3) is 5.91 Å². The summed E-state index contributed by atoms with van der Waals surface area (Å²) < 4.78 is 13.6. The molecule has 0 radical (unpaired) electrons. The summed E-state index contributed by atoms with van der Waals surface area (Å²) in [6.07, 6.45) is 0.684. The van der Waals surface area contributed by atoms with Crippen molar-refractivity contribution in [3.63, 3.8) is 0 Å². The summed E-state index contributed by atoms with van der Waals surface area (Å²) in [6, 6.07) is 22.3. The molecule has 1 aromatic heterocycles. The molecule has 37 heavy (non-hydrogen) atoms. The van der Waals surface area contributed by atoms with Crippen LogP contribution in [0, 0.1) is 0 Å². The maximum absolute atomic E-state index is 13.2. The molecule has 1 unspecified atom stereocenters. The van der Waals surface area contributed by atoms with Gasteiger partial charge in [-0.1, -0.05) is 41.9 Å². The summed E-state index contributed by atoms with van der Waals surface area (Å²) in [6.45, 7) is 7.08. The largest absolute Gasteiger partial charge is 0.481 e. The minimum absolute atomic E-state index is 0.272. The van der Waals surface area contributed by atoms with Crippen LogP contribution in [-0.4, -0.2) is 40.7 Å². The number of hydrogen-bond acceptors (Lipinski definition) is 4. The smallest absolute Gasteiger partial charge is 0.415 e. The van der Waals surface area contributed by atoms with Crippen LogP contribution in [0.15, 0.2) is 79.0 Å². The number of ether oxygens (including phenoxy) is 2. The van der Waals surface area contributed by atoms with Crippen molar-refractivity contribution in [3.05, 3.63) is 89.6 Å². The van der Waals surface area contributed by atoms with Gasteiger partial charge < -0.3 is 24.3 Å². The summed E-state index contributed by atoms with van der Waals surface area (Å²) in [5.41, 5.74) is 2.38. The van der Waals surface area contributed by atoms with E-state index in [2.05, 4.69) is 9.88 Å². The molecule has 0 spiro atoms. The van der Waals surface area contributed by atoms with E-state index in [1.54, 1.807) is 30.0 Å². The summed E-state index contributed by atoms with van der Waals surface area (Å²) in [5.74, 6) is 0.501. The molecule has 0 saturated carbocycles. The Morgan fingerprint density at radius 3 is 2.35 bits per heavy atom. The molecule has 1 atom stereocenters. The average molecular weight is 520 g/mol. The molecule has 7 nitrogen and oxygen atoms in total. The van der Waals surface area contributed by atoms with Crippen molar-refractivity contribution in [2.45, 2.75) is 33.4 Å². The maximum atomic E-state index is 13.2. The van der Waals surface area contributed by atoms with Gasteiger partial charge in [0, 0.05) is 36.2 Å². The zero-order valence-corrected chi connectivity index (χ0v) is 21.9. The Balaban J connectivity index is 1.66. The topological polar surface area (TPSA) is 72.8 Å². The van der Waals surface area contributed by atoms with Crippen molar-refractivity contribution in [2.24, 2.45) is 0 Å². The van der Waals surface area contributed by atoms with Gasteiger partial charge in [-0.25, -0.2) is 4.79 Å². The third-order valence-electron chi connectivity index (χ3n) is 6.07. The second-order valence-corrected chi connectivity index (χ2v) is 8.98. The van der Waals surface area contributed by atoms with E-state index in [-0.39, 0.29) is 11.7 Å². The van der Waals surface area contributed by atoms with Crippen LogP contribution >= 0.6 is 11.6 Å². The van der Waals surface area contributed by atoms with Gasteiger partial charge in [0.1, 0.15) is 5.75 Å². The fourth-order valence-electron chi connectivity index (χ4n) is 4.01. The molecule has 0 aliphatic carbocycles. The van der Waals surface area contributed by atoms with E-state index in [9.17, 15) is 9.59 Å². The Morgan fingerprint density at radius 1 is 0.973 bits per heavy atom. The van der Waals surface area contributed by atoms with E-state index >= 15 is 0 Å². The van der Waals surface area contributed by atoms with Crippen molar-refractivity contribution in [2.75, 3.05) is 18.4 Å². The Bertz CT molecular complexity index is 1370. The Kier molecular flexibility index (Phi) is 8.36. The number of halogens is 1. The Labute approximate surface area is 221 Å². The Hall–Kier alpha value is -3.97. The number of benzene rings is 3. The lowest BCUT2D eigenvalue weighted by Crippen LogP contribution is -2.34. The highest BCUT2D eigenvalue weighted by Gasteiger charge is 2.22. The summed E-state index contributed by atoms with van der Waals surface area (Å²) in [4.78, 5) is 27.5. The van der Waals surface area contributed by atoms with Gasteiger partial charge >= 0.3 is 6.09 Å². The molecule has 4 aromatic rings. The van der Waals surface area contributed by atoms with Crippen LogP contribution in [0.3, 0.4) is 0 Å². The number of nitrogens with one attached hydrogen (secondary N) is 1. The molecular formula is C29H30ClN3O4. The lowest BCUT2D eigenvalue weighted by molar-refractivity contribution is -0.122. The molecule has 2 amide bonds. The third kappa shape index (κ3) is 6.24. The number of rotatable bonds is 9. The average Bonchev–Trinajstić information content (AvgIpc) is 3.30. The van der Waals surface area contributed by atoms with Crippen LogP contribution in [0.25, 0.3) is 10.9 Å². The lowest BCUT2D eigenvalue weighted by atomic mass is 10.1. The SMILES string of the molecule is CCN(CC)C(=O)Oc1ccc2c(ccn2Cc2ccc(Cl)cc2)c1NC(=O)C(C)Oc1ccccc1. The number of nitrogens with zero attached hydrogens (tertiary/aromatic N) is 2. The quantitative estimate of drug-likeness (QED) is 0.271. The summed E-state index contributed by atoms with van der Waals surface area (Å²) in [5, 5.41) is 4.38. The molecule has 192 valence electrons. The zero-order valence-electron chi connectivity index (χ0n) is 21.1. The first-order valence-corrected chi connectivity index (χ1v) is 12.6. The van der Waals surface area contributed by atoms with Crippen LogP contribution in [-0.2, 0) is 11.3 Å². The standard InChI is InChI=1S/C29H30ClN3O4/c1-4-32(5-2)29(35)37-26-16-15-25-24(17-18-33(25)19-21-11-13-22(30)14-12-21)27(26)31-28(34)20(3)36-23-9-7-6-8-10-23/h6-18,20H,4-5,19H2,1-3H3,(H,31,34). The number of anilines is 1. The third-order valence-corrected chi connectivity index (χ3v) is 6.33. The van der Waals surface area contributed by atoms with Crippen LogP contribution in [0.5, 0.6) is 11.5 Å². The van der Waals surface area contributed by atoms with Gasteiger partial charge in [-0.05, 0) is 68.8 Å². The van der Waals surface area contributed by atoms with E-state index in [0.29, 0.717) is 36.1 Å². The number of para-hydroxylation sites is 1. The van der Waals surface area contributed by atoms with Gasteiger partial charge in [-0.3, -0.25) is 4.79 Å². The van der Waals surface area contributed by atoms with Crippen molar-refractivity contribution < 1.29 is 19.1 Å². The monoisotopic (exact) mass is 519 g/mol. The van der Waals surface area contributed by atoms with Crippen molar-refractivity contribution >= 4 is 40.2 Å². The van der Waals surface area contributed by atoms with Crippen molar-refractivity contribution in [1.82, 2.24) is 9.47 Å². The molecular weight excluding hydrogens is 490 g/mol. The zero-order chi connectivity index (χ0) is 26.4. The first-order valence-electron chi connectivity index (χ1n) is 12.2. The van der Waals surface area contributed by atoms with E-state index in [1.165, 1.54) is 0 Å². The van der Waals surface area contributed by atoms with Gasteiger partial charge in [-0.15, -0.1) is 0 Å². The number of fused-ring (bicyclic) bond motifs is 1. The molecule has 0 saturated heterocycles. The van der Waals surface area contributed by atoms with Crippen LogP contribution in [0.4, 0.5) is 10.5 Å². The predicted molar refractivity (Wildman–Crippen MR) is 147 cm³/mol. The highest BCUT2D eigenvalue weighted by Crippen LogP contribution is 2.35. The fourth-order valence-corrected chi connectivity index (χ4v) is 4.14. The molecule has 0 fully saturated rings. The van der Waals surface area contributed by atoms with Crippen molar-refractivity contribution in [1.29, 1.82) is 0 Å². The first-order chi connectivity index (χ1) is 17.9. The van der Waals surface area contributed by atoms with Crippen LogP contribution < -0.4 is 14.8 Å².